The van der Waals surface area contributed by atoms with Crippen LogP contribution < -0.4 is 0 Å². The Morgan fingerprint density at radius 2 is 2.21 bits per heavy atom. The molecule has 0 bridgehead atoms. The zero-order valence-corrected chi connectivity index (χ0v) is 8.61. The fraction of sp³-hybridized carbons (Fsp3) is 0.727. The van der Waals surface area contributed by atoms with Crippen molar-refractivity contribution in [3.63, 3.8) is 0 Å². The minimum Gasteiger partial charge on any atom is -0.481 e. The fourth-order valence-electron chi connectivity index (χ4n) is 1.63. The van der Waals surface area contributed by atoms with Crippen LogP contribution in [0, 0.1) is 11.8 Å². The van der Waals surface area contributed by atoms with Crippen LogP contribution in [-0.4, -0.2) is 24.3 Å². The lowest BCUT2D eigenvalue weighted by molar-refractivity contribution is -0.138. The summed E-state index contributed by atoms with van der Waals surface area (Å²) < 4.78 is 5.34. The van der Waals surface area contributed by atoms with Crippen molar-refractivity contribution in [2.24, 2.45) is 11.8 Å². The van der Waals surface area contributed by atoms with Crippen molar-refractivity contribution in [1.29, 1.82) is 0 Å². The van der Waals surface area contributed by atoms with Crippen molar-refractivity contribution in [3.8, 4) is 0 Å². The highest BCUT2D eigenvalue weighted by Crippen LogP contribution is 2.24. The van der Waals surface area contributed by atoms with Gasteiger partial charge < -0.3 is 9.84 Å². The number of rotatable bonds is 5. The molecule has 2 unspecified atom stereocenters. The van der Waals surface area contributed by atoms with Crippen LogP contribution >= 0.6 is 0 Å². The minimum atomic E-state index is -0.790. The number of ether oxygens (including phenoxy) is 1. The third-order valence-electron chi connectivity index (χ3n) is 2.71. The first-order valence-corrected chi connectivity index (χ1v) is 5.14. The Morgan fingerprint density at radius 3 is 2.86 bits per heavy atom. The maximum atomic E-state index is 10.2. The van der Waals surface area contributed by atoms with Crippen molar-refractivity contribution < 1.29 is 14.6 Å². The molecule has 1 aliphatic rings. The molecule has 2 atom stereocenters. The lowest BCUT2D eigenvalue weighted by Crippen LogP contribution is -2.20. The van der Waals surface area contributed by atoms with Gasteiger partial charge in [-0.05, 0) is 24.7 Å². The number of carboxylic acid groups (broad SMARTS) is 1. The molecule has 0 heterocycles. The van der Waals surface area contributed by atoms with Gasteiger partial charge in [0.15, 0.2) is 0 Å². The third kappa shape index (κ3) is 3.92. The van der Waals surface area contributed by atoms with Gasteiger partial charge in [-0.2, -0.15) is 0 Å². The second-order valence-electron chi connectivity index (χ2n) is 3.90. The van der Waals surface area contributed by atoms with E-state index in [9.17, 15) is 4.79 Å². The van der Waals surface area contributed by atoms with Gasteiger partial charge in [0.2, 0.25) is 0 Å². The molecule has 3 nitrogen and oxygen atoms in total. The zero-order valence-electron chi connectivity index (χ0n) is 8.61. The van der Waals surface area contributed by atoms with E-state index in [4.69, 9.17) is 9.84 Å². The molecule has 80 valence electrons. The molecule has 1 aliphatic carbocycles. The normalized spacial score (nSPS) is 26.4. The number of hydrogen-bond acceptors (Lipinski definition) is 2. The Hall–Kier alpha value is -0.830. The summed E-state index contributed by atoms with van der Waals surface area (Å²) in [5.74, 6) is 0.431. The van der Waals surface area contributed by atoms with Gasteiger partial charge in [0.05, 0.1) is 13.0 Å². The lowest BCUT2D eigenvalue weighted by atomic mass is 9.85. The Balaban J connectivity index is 2.11. The van der Waals surface area contributed by atoms with Crippen LogP contribution in [-0.2, 0) is 9.53 Å². The van der Waals surface area contributed by atoms with Gasteiger partial charge >= 0.3 is 5.97 Å². The van der Waals surface area contributed by atoms with Gasteiger partial charge in [0, 0.05) is 6.61 Å². The summed E-state index contributed by atoms with van der Waals surface area (Å²) in [5.41, 5.74) is 0. The number of carboxylic acids is 1. The molecular formula is C11H18O3. The van der Waals surface area contributed by atoms with Crippen LogP contribution in [0.25, 0.3) is 0 Å². The van der Waals surface area contributed by atoms with E-state index < -0.39 is 5.97 Å². The molecule has 0 aromatic carbocycles. The first-order valence-electron chi connectivity index (χ1n) is 5.14. The van der Waals surface area contributed by atoms with E-state index >= 15 is 0 Å². The first-order chi connectivity index (χ1) is 6.70. The van der Waals surface area contributed by atoms with Crippen molar-refractivity contribution in [2.45, 2.75) is 26.2 Å². The van der Waals surface area contributed by atoms with E-state index in [2.05, 4.69) is 19.1 Å². The molecule has 0 amide bonds. The molecule has 0 aliphatic heterocycles. The van der Waals surface area contributed by atoms with E-state index in [1.807, 2.05) is 0 Å². The Kier molecular flexibility index (Phi) is 4.66. The zero-order chi connectivity index (χ0) is 10.4. The molecule has 0 saturated carbocycles. The average Bonchev–Trinajstić information content (AvgIpc) is 2.15. The summed E-state index contributed by atoms with van der Waals surface area (Å²) in [5, 5.41) is 8.41. The molecule has 0 spiro atoms. The minimum absolute atomic E-state index is 0.108. The monoisotopic (exact) mass is 198 g/mol. The van der Waals surface area contributed by atoms with Gasteiger partial charge in [-0.3, -0.25) is 4.79 Å². The second kappa shape index (κ2) is 5.81. The highest BCUT2D eigenvalue weighted by molar-refractivity contribution is 5.66. The molecule has 0 fully saturated rings. The highest BCUT2D eigenvalue weighted by atomic mass is 16.5. The predicted octanol–water partition coefficient (Wildman–Crippen LogP) is 2.08. The number of hydrogen-bond donors (Lipinski definition) is 1. The van der Waals surface area contributed by atoms with Gasteiger partial charge in [-0.15, -0.1) is 0 Å². The van der Waals surface area contributed by atoms with Crippen LogP contribution in [0.15, 0.2) is 12.2 Å². The van der Waals surface area contributed by atoms with E-state index in [1.54, 1.807) is 0 Å². The summed E-state index contributed by atoms with van der Waals surface area (Å²) >= 11 is 0. The van der Waals surface area contributed by atoms with E-state index in [0.717, 1.165) is 12.8 Å². The Labute approximate surface area is 84.8 Å². The van der Waals surface area contributed by atoms with Gasteiger partial charge in [0.1, 0.15) is 0 Å². The van der Waals surface area contributed by atoms with Crippen molar-refractivity contribution in [3.05, 3.63) is 12.2 Å². The molecule has 1 N–H and O–H groups in total. The van der Waals surface area contributed by atoms with Gasteiger partial charge in [-0.1, -0.05) is 19.1 Å². The van der Waals surface area contributed by atoms with Crippen molar-refractivity contribution >= 4 is 5.97 Å². The fourth-order valence-corrected chi connectivity index (χ4v) is 1.63. The molecule has 0 aromatic rings. The second-order valence-corrected chi connectivity index (χ2v) is 3.90. The lowest BCUT2D eigenvalue weighted by Gasteiger charge is -2.24. The highest BCUT2D eigenvalue weighted by Gasteiger charge is 2.18. The number of carbonyl (C=O) groups is 1. The van der Waals surface area contributed by atoms with E-state index in [0.29, 0.717) is 25.0 Å². The Bertz CT molecular complexity index is 211. The molecule has 0 aromatic heterocycles. The summed E-state index contributed by atoms with van der Waals surface area (Å²) in [4.78, 5) is 10.2. The first kappa shape index (κ1) is 11.2. The quantitative estimate of drug-likeness (QED) is 0.543. The molecule has 0 radical (unpaired) electrons. The standard InChI is InChI=1S/C11H18O3/c1-9-4-2-3-5-10(9)8-14-7-6-11(12)13/h2-3,9-10H,4-8H2,1H3,(H,12,13). The molecule has 0 saturated heterocycles. The summed E-state index contributed by atoms with van der Waals surface area (Å²) in [7, 11) is 0. The number of allylic oxidation sites excluding steroid dienone is 2. The van der Waals surface area contributed by atoms with Gasteiger partial charge in [-0.25, -0.2) is 0 Å². The maximum Gasteiger partial charge on any atom is 0.305 e. The van der Waals surface area contributed by atoms with Crippen molar-refractivity contribution in [1.82, 2.24) is 0 Å². The SMILES string of the molecule is CC1CC=CCC1COCCC(=O)O. The number of aliphatic carboxylic acids is 1. The summed E-state index contributed by atoms with van der Waals surface area (Å²) in [6.07, 6.45) is 6.68. The average molecular weight is 198 g/mol. The Morgan fingerprint density at radius 1 is 1.50 bits per heavy atom. The third-order valence-corrected chi connectivity index (χ3v) is 2.71. The van der Waals surface area contributed by atoms with Crippen LogP contribution in [0.2, 0.25) is 0 Å². The van der Waals surface area contributed by atoms with Gasteiger partial charge in [0.25, 0.3) is 0 Å². The largest absolute Gasteiger partial charge is 0.481 e. The van der Waals surface area contributed by atoms with E-state index in [1.165, 1.54) is 0 Å². The molecule has 3 heteroatoms. The molecular weight excluding hydrogens is 180 g/mol. The predicted molar refractivity (Wildman–Crippen MR) is 54.1 cm³/mol. The van der Waals surface area contributed by atoms with Crippen LogP contribution in [0.4, 0.5) is 0 Å². The van der Waals surface area contributed by atoms with E-state index in [-0.39, 0.29) is 6.42 Å². The van der Waals surface area contributed by atoms with Crippen LogP contribution in [0.1, 0.15) is 26.2 Å². The molecule has 14 heavy (non-hydrogen) atoms. The van der Waals surface area contributed by atoms with Crippen LogP contribution in [0.5, 0.6) is 0 Å². The smallest absolute Gasteiger partial charge is 0.305 e. The summed E-state index contributed by atoms with van der Waals surface area (Å²) in [6.45, 7) is 3.25. The topological polar surface area (TPSA) is 46.5 Å². The molecule has 1 rings (SSSR count). The maximum absolute atomic E-state index is 10.2. The summed E-state index contributed by atoms with van der Waals surface area (Å²) in [6, 6.07) is 0. The van der Waals surface area contributed by atoms with Crippen LogP contribution in [0.3, 0.4) is 0 Å². The van der Waals surface area contributed by atoms with Crippen molar-refractivity contribution in [2.75, 3.05) is 13.2 Å².